The van der Waals surface area contributed by atoms with Crippen LogP contribution < -0.4 is 10.1 Å². The fourth-order valence-corrected chi connectivity index (χ4v) is 5.74. The van der Waals surface area contributed by atoms with Crippen LogP contribution in [-0.2, 0) is 0 Å². The number of aryl methyl sites for hydroxylation is 1. The highest BCUT2D eigenvalue weighted by molar-refractivity contribution is 5.75. The lowest BCUT2D eigenvalue weighted by atomic mass is 9.66. The smallest absolute Gasteiger partial charge is 0.152 e. The first-order valence-corrected chi connectivity index (χ1v) is 11.1. The number of ether oxygens (including phenoxy) is 1. The van der Waals surface area contributed by atoms with Crippen LogP contribution in [0.15, 0.2) is 18.2 Å². The van der Waals surface area contributed by atoms with E-state index >= 15 is 0 Å². The minimum atomic E-state index is 0.465. The summed E-state index contributed by atoms with van der Waals surface area (Å²) in [5, 5.41) is 13.4. The third-order valence-electron chi connectivity index (χ3n) is 7.17. The van der Waals surface area contributed by atoms with Crippen LogP contribution in [0.5, 0.6) is 5.75 Å². The van der Waals surface area contributed by atoms with E-state index in [9.17, 15) is 0 Å². The van der Waals surface area contributed by atoms with Gasteiger partial charge in [-0.25, -0.2) is 0 Å². The third-order valence-corrected chi connectivity index (χ3v) is 7.17. The summed E-state index contributed by atoms with van der Waals surface area (Å²) >= 11 is 0. The number of fused-ring (bicyclic) bond motifs is 2. The molecular formula is C24H32N4O. The zero-order chi connectivity index (χ0) is 20.0. The summed E-state index contributed by atoms with van der Waals surface area (Å²) in [4.78, 5) is 2.42. The van der Waals surface area contributed by atoms with Crippen molar-refractivity contribution in [2.45, 2.75) is 63.3 Å². The average molecular weight is 393 g/mol. The van der Waals surface area contributed by atoms with Crippen LogP contribution in [0.3, 0.4) is 0 Å². The normalized spacial score (nSPS) is 26.2. The van der Waals surface area contributed by atoms with Crippen molar-refractivity contribution in [2.24, 2.45) is 0 Å². The van der Waals surface area contributed by atoms with E-state index in [0.29, 0.717) is 17.9 Å². The Morgan fingerprint density at radius 1 is 1.03 bits per heavy atom. The molecule has 1 atom stereocenters. The summed E-state index contributed by atoms with van der Waals surface area (Å²) in [6.07, 6.45) is 7.57. The molecule has 4 aliphatic rings. The largest absolute Gasteiger partial charge is 0.496 e. The lowest BCUT2D eigenvalue weighted by molar-refractivity contribution is 0.260. The number of anilines is 1. The van der Waals surface area contributed by atoms with Gasteiger partial charge in [0.2, 0.25) is 0 Å². The third kappa shape index (κ3) is 3.39. The molecule has 2 fully saturated rings. The van der Waals surface area contributed by atoms with Gasteiger partial charge in [0.1, 0.15) is 11.4 Å². The molecule has 2 heterocycles. The van der Waals surface area contributed by atoms with Crippen molar-refractivity contribution in [3.8, 4) is 17.0 Å². The van der Waals surface area contributed by atoms with Crippen molar-refractivity contribution >= 4 is 5.82 Å². The van der Waals surface area contributed by atoms with Crippen LogP contribution in [0.25, 0.3) is 11.3 Å². The van der Waals surface area contributed by atoms with Gasteiger partial charge in [-0.15, -0.1) is 10.2 Å². The Balaban J connectivity index is 1.59. The second-order valence-electron chi connectivity index (χ2n) is 9.22. The van der Waals surface area contributed by atoms with Gasteiger partial charge >= 0.3 is 0 Å². The van der Waals surface area contributed by atoms with Gasteiger partial charge in [-0.1, -0.05) is 6.07 Å². The van der Waals surface area contributed by atoms with Gasteiger partial charge in [0.15, 0.2) is 5.82 Å². The van der Waals surface area contributed by atoms with E-state index in [1.807, 2.05) is 0 Å². The predicted octanol–water partition coefficient (Wildman–Crippen LogP) is 4.72. The van der Waals surface area contributed by atoms with Crippen LogP contribution in [-0.4, -0.2) is 48.4 Å². The van der Waals surface area contributed by atoms with Crippen LogP contribution in [0.1, 0.15) is 67.1 Å². The number of benzene rings is 1. The Hall–Kier alpha value is -2.14. The molecule has 1 N–H and O–H groups in total. The van der Waals surface area contributed by atoms with Crippen molar-refractivity contribution < 1.29 is 4.74 Å². The number of nitrogens with zero attached hydrogens (tertiary/aromatic N) is 3. The van der Waals surface area contributed by atoms with E-state index in [0.717, 1.165) is 29.4 Å². The highest BCUT2D eigenvalue weighted by Gasteiger charge is 2.39. The quantitative estimate of drug-likeness (QED) is 0.816. The Morgan fingerprint density at radius 2 is 1.79 bits per heavy atom. The number of methoxy groups -OCH3 is 1. The molecule has 1 aromatic heterocycles. The van der Waals surface area contributed by atoms with E-state index < -0.39 is 0 Å². The second-order valence-corrected chi connectivity index (χ2v) is 9.22. The monoisotopic (exact) mass is 392 g/mol. The summed E-state index contributed by atoms with van der Waals surface area (Å²) in [5.74, 6) is 3.16. The Morgan fingerprint density at radius 3 is 2.52 bits per heavy atom. The number of nitrogens with one attached hydrogen (secondary N) is 1. The van der Waals surface area contributed by atoms with Gasteiger partial charge in [0.05, 0.1) is 7.11 Å². The van der Waals surface area contributed by atoms with Crippen LogP contribution >= 0.6 is 0 Å². The highest BCUT2D eigenvalue weighted by atomic mass is 16.5. The Bertz CT molecular complexity index is 904. The van der Waals surface area contributed by atoms with Gasteiger partial charge < -0.3 is 15.0 Å². The molecule has 154 valence electrons. The number of hydrogen-bond donors (Lipinski definition) is 1. The molecule has 2 bridgehead atoms. The van der Waals surface area contributed by atoms with Crippen LogP contribution in [0, 0.1) is 6.92 Å². The zero-order valence-electron chi connectivity index (χ0n) is 17.9. The van der Waals surface area contributed by atoms with Gasteiger partial charge in [0.25, 0.3) is 0 Å². The van der Waals surface area contributed by atoms with Gasteiger partial charge in [-0.05, 0) is 94.1 Å². The predicted molar refractivity (Wildman–Crippen MR) is 117 cm³/mol. The Kier molecular flexibility index (Phi) is 4.94. The van der Waals surface area contributed by atoms with E-state index in [4.69, 9.17) is 14.9 Å². The SMILES string of the molecule is COc1cc(C)ccc1-c1nnc(N[C@@H]2CCCN(C)C2)c2c1C1CCC2CC1. The zero-order valence-corrected chi connectivity index (χ0v) is 17.9. The van der Waals surface area contributed by atoms with Crippen molar-refractivity contribution in [3.05, 3.63) is 34.9 Å². The number of likely N-dealkylation sites (N-methyl/N-ethyl adjacent to an activating group) is 1. The molecule has 6 rings (SSSR count). The van der Waals surface area contributed by atoms with Gasteiger partial charge in [0, 0.05) is 23.7 Å². The fourth-order valence-electron chi connectivity index (χ4n) is 5.74. The molecule has 5 nitrogen and oxygen atoms in total. The number of piperidine rings is 1. The molecule has 0 spiro atoms. The second kappa shape index (κ2) is 7.60. The van der Waals surface area contributed by atoms with Crippen molar-refractivity contribution in [1.82, 2.24) is 15.1 Å². The van der Waals surface area contributed by atoms with E-state index in [1.54, 1.807) is 7.11 Å². The minimum absolute atomic E-state index is 0.465. The summed E-state index contributed by atoms with van der Waals surface area (Å²) in [7, 11) is 3.96. The molecule has 0 radical (unpaired) electrons. The lowest BCUT2D eigenvalue weighted by Crippen LogP contribution is -2.40. The lowest BCUT2D eigenvalue weighted by Gasteiger charge is -2.40. The molecule has 1 saturated heterocycles. The molecule has 0 amide bonds. The molecule has 29 heavy (non-hydrogen) atoms. The number of aromatic nitrogens is 2. The number of hydrogen-bond acceptors (Lipinski definition) is 5. The molecule has 2 aromatic rings. The van der Waals surface area contributed by atoms with Gasteiger partial charge in [-0.3, -0.25) is 0 Å². The maximum absolute atomic E-state index is 5.73. The summed E-state index contributed by atoms with van der Waals surface area (Å²) in [5.41, 5.74) is 6.22. The van der Waals surface area contributed by atoms with E-state index in [2.05, 4.69) is 42.4 Å². The maximum Gasteiger partial charge on any atom is 0.152 e. The van der Waals surface area contributed by atoms with E-state index in [-0.39, 0.29) is 0 Å². The van der Waals surface area contributed by atoms with E-state index in [1.165, 1.54) is 61.8 Å². The van der Waals surface area contributed by atoms with Gasteiger partial charge in [-0.2, -0.15) is 0 Å². The molecule has 5 heteroatoms. The van der Waals surface area contributed by atoms with Crippen molar-refractivity contribution in [3.63, 3.8) is 0 Å². The average Bonchev–Trinajstić information content (AvgIpc) is 2.75. The fraction of sp³-hybridized carbons (Fsp3) is 0.583. The first kappa shape index (κ1) is 18.9. The molecule has 1 saturated carbocycles. The summed E-state index contributed by atoms with van der Waals surface area (Å²) in [6, 6.07) is 6.88. The summed E-state index contributed by atoms with van der Waals surface area (Å²) in [6.45, 7) is 4.38. The van der Waals surface area contributed by atoms with Crippen LogP contribution in [0.4, 0.5) is 5.82 Å². The topological polar surface area (TPSA) is 50.3 Å². The summed E-state index contributed by atoms with van der Waals surface area (Å²) < 4.78 is 5.73. The van der Waals surface area contributed by atoms with Crippen molar-refractivity contribution in [1.29, 1.82) is 0 Å². The minimum Gasteiger partial charge on any atom is -0.496 e. The molecule has 1 aliphatic heterocycles. The highest BCUT2D eigenvalue weighted by Crippen LogP contribution is 2.54. The molecule has 3 aliphatic carbocycles. The molecule has 0 unspecified atom stereocenters. The molecular weight excluding hydrogens is 360 g/mol. The van der Waals surface area contributed by atoms with Crippen LogP contribution in [0.2, 0.25) is 0 Å². The first-order chi connectivity index (χ1) is 14.1. The first-order valence-electron chi connectivity index (χ1n) is 11.1. The maximum atomic E-state index is 5.73. The standard InChI is InChI=1S/C24H32N4O/c1-15-6-11-19(20(13-15)29-3)23-21-16-7-9-17(10-8-16)22(21)24(27-26-23)25-18-5-4-12-28(2)14-18/h6,11,13,16-18H,4-5,7-10,12,14H2,1-3H3,(H,25,27)/t16?,17?,18-/m1/s1. The molecule has 1 aromatic carbocycles. The number of rotatable bonds is 4. The number of likely N-dealkylation sites (tertiary alicyclic amines) is 1. The Labute approximate surface area is 173 Å². The van der Waals surface area contributed by atoms with Crippen molar-refractivity contribution in [2.75, 3.05) is 32.6 Å².